The molecule has 0 bridgehead atoms. The van der Waals surface area contributed by atoms with E-state index in [4.69, 9.17) is 4.42 Å². The maximum Gasteiger partial charge on any atom is 0.255 e. The molecule has 23 heavy (non-hydrogen) atoms. The van der Waals surface area contributed by atoms with Gasteiger partial charge in [0.05, 0.1) is 18.4 Å². The highest BCUT2D eigenvalue weighted by Crippen LogP contribution is 2.31. The lowest BCUT2D eigenvalue weighted by molar-refractivity contribution is 0.0651. The minimum Gasteiger partial charge on any atom is -0.467 e. The topological polar surface area (TPSA) is 33.5 Å². The zero-order chi connectivity index (χ0) is 15.6. The third kappa shape index (κ3) is 2.79. The fraction of sp³-hybridized carbons (Fsp3) is 0.316. The Morgan fingerprint density at radius 2 is 2.00 bits per heavy atom. The summed E-state index contributed by atoms with van der Waals surface area (Å²) in [7, 11) is 0. The summed E-state index contributed by atoms with van der Waals surface area (Å²) in [6.07, 6.45) is 6.27. The largest absolute Gasteiger partial charge is 0.467 e. The minimum atomic E-state index is 0.130. The van der Waals surface area contributed by atoms with Crippen molar-refractivity contribution < 1.29 is 9.21 Å². The van der Waals surface area contributed by atoms with Gasteiger partial charge >= 0.3 is 0 Å². The zero-order valence-electron chi connectivity index (χ0n) is 12.9. The number of rotatable bonds is 4. The SMILES string of the molecule is O=C(c1csc2ccccc12)N(Cc1ccco1)C1CCCC1. The normalized spacial score (nSPS) is 15.3. The van der Waals surface area contributed by atoms with Crippen molar-refractivity contribution in [3.05, 3.63) is 59.4 Å². The van der Waals surface area contributed by atoms with E-state index in [-0.39, 0.29) is 5.91 Å². The summed E-state index contributed by atoms with van der Waals surface area (Å²) in [5.74, 6) is 0.982. The van der Waals surface area contributed by atoms with Gasteiger partial charge < -0.3 is 9.32 Å². The highest BCUT2D eigenvalue weighted by atomic mass is 32.1. The summed E-state index contributed by atoms with van der Waals surface area (Å²) in [6, 6.07) is 12.3. The first kappa shape index (κ1) is 14.5. The van der Waals surface area contributed by atoms with Crippen LogP contribution in [0.2, 0.25) is 0 Å². The molecular formula is C19H19NO2S. The lowest BCUT2D eigenvalue weighted by Gasteiger charge is -2.28. The van der Waals surface area contributed by atoms with Crippen LogP contribution in [0, 0.1) is 0 Å². The molecule has 1 saturated carbocycles. The quantitative estimate of drug-likeness (QED) is 0.670. The van der Waals surface area contributed by atoms with E-state index in [2.05, 4.69) is 6.07 Å². The van der Waals surface area contributed by atoms with Crippen molar-refractivity contribution >= 4 is 27.3 Å². The van der Waals surface area contributed by atoms with Gasteiger partial charge in [0.15, 0.2) is 0 Å². The van der Waals surface area contributed by atoms with E-state index in [0.717, 1.165) is 29.6 Å². The third-order valence-electron chi connectivity index (χ3n) is 4.64. The van der Waals surface area contributed by atoms with Crippen molar-refractivity contribution in [3.8, 4) is 0 Å². The maximum absolute atomic E-state index is 13.2. The summed E-state index contributed by atoms with van der Waals surface area (Å²) in [6.45, 7) is 0.556. The smallest absolute Gasteiger partial charge is 0.255 e. The van der Waals surface area contributed by atoms with Crippen molar-refractivity contribution in [2.75, 3.05) is 0 Å². The fourth-order valence-corrected chi connectivity index (χ4v) is 4.39. The van der Waals surface area contributed by atoms with E-state index in [9.17, 15) is 4.79 Å². The Balaban J connectivity index is 1.68. The molecule has 0 N–H and O–H groups in total. The van der Waals surface area contributed by atoms with Gasteiger partial charge in [-0.3, -0.25) is 4.79 Å². The van der Waals surface area contributed by atoms with Gasteiger partial charge in [-0.1, -0.05) is 31.0 Å². The first-order valence-electron chi connectivity index (χ1n) is 8.12. The highest BCUT2D eigenvalue weighted by Gasteiger charge is 2.29. The van der Waals surface area contributed by atoms with Gasteiger partial charge in [-0.25, -0.2) is 0 Å². The molecule has 0 saturated heterocycles. The van der Waals surface area contributed by atoms with Crippen LogP contribution < -0.4 is 0 Å². The van der Waals surface area contributed by atoms with Gasteiger partial charge in [0.25, 0.3) is 5.91 Å². The molecule has 4 heteroatoms. The number of hydrogen-bond acceptors (Lipinski definition) is 3. The van der Waals surface area contributed by atoms with E-state index in [0.29, 0.717) is 12.6 Å². The van der Waals surface area contributed by atoms with Crippen LogP contribution in [-0.4, -0.2) is 16.8 Å². The van der Waals surface area contributed by atoms with Crippen LogP contribution in [0.4, 0.5) is 0 Å². The first-order chi connectivity index (χ1) is 11.3. The second-order valence-corrected chi connectivity index (χ2v) is 7.01. The molecule has 3 aromatic rings. The molecule has 2 heterocycles. The Kier molecular flexibility index (Phi) is 3.92. The molecule has 118 valence electrons. The standard InChI is InChI=1S/C19H19NO2S/c21-19(17-13-23-18-10-4-3-9-16(17)18)20(14-6-1-2-7-14)12-15-8-5-11-22-15/h3-5,8-11,13-14H,1-2,6-7,12H2. The van der Waals surface area contributed by atoms with E-state index < -0.39 is 0 Å². The lowest BCUT2D eigenvalue weighted by Crippen LogP contribution is -2.38. The van der Waals surface area contributed by atoms with Gasteiger partial charge in [-0.2, -0.15) is 0 Å². The fourth-order valence-electron chi connectivity index (χ4n) is 3.45. The van der Waals surface area contributed by atoms with Crippen molar-refractivity contribution in [1.29, 1.82) is 0 Å². The molecule has 0 unspecified atom stereocenters. The van der Waals surface area contributed by atoms with Crippen LogP contribution in [0.25, 0.3) is 10.1 Å². The number of furan rings is 1. The molecule has 0 aliphatic heterocycles. The molecule has 0 atom stereocenters. The first-order valence-corrected chi connectivity index (χ1v) is 9.00. The van der Waals surface area contributed by atoms with Gasteiger partial charge in [-0.15, -0.1) is 11.3 Å². The molecule has 1 aliphatic rings. The van der Waals surface area contributed by atoms with Crippen molar-refractivity contribution in [2.45, 2.75) is 38.3 Å². The molecule has 0 spiro atoms. The molecule has 1 amide bonds. The Labute approximate surface area is 139 Å². The summed E-state index contributed by atoms with van der Waals surface area (Å²) in [5.41, 5.74) is 0.823. The molecule has 0 radical (unpaired) electrons. The van der Waals surface area contributed by atoms with E-state index in [1.165, 1.54) is 17.5 Å². The van der Waals surface area contributed by atoms with Crippen LogP contribution >= 0.6 is 11.3 Å². The average Bonchev–Trinajstić information content (AvgIpc) is 3.32. The van der Waals surface area contributed by atoms with E-state index in [1.54, 1.807) is 17.6 Å². The predicted octanol–water partition coefficient (Wildman–Crippen LogP) is 5.08. The highest BCUT2D eigenvalue weighted by molar-refractivity contribution is 7.17. The number of carbonyl (C=O) groups excluding carboxylic acids is 1. The zero-order valence-corrected chi connectivity index (χ0v) is 13.7. The number of hydrogen-bond donors (Lipinski definition) is 0. The molecule has 1 aliphatic carbocycles. The second-order valence-electron chi connectivity index (χ2n) is 6.10. The van der Waals surface area contributed by atoms with Crippen LogP contribution in [0.5, 0.6) is 0 Å². The average molecular weight is 325 g/mol. The van der Waals surface area contributed by atoms with Crippen LogP contribution in [0.1, 0.15) is 41.8 Å². The Bertz CT molecular complexity index is 800. The summed E-state index contributed by atoms with van der Waals surface area (Å²) >= 11 is 1.64. The van der Waals surface area contributed by atoms with E-state index >= 15 is 0 Å². The van der Waals surface area contributed by atoms with Crippen molar-refractivity contribution in [3.63, 3.8) is 0 Å². The molecule has 4 rings (SSSR count). The number of nitrogens with zero attached hydrogens (tertiary/aromatic N) is 1. The molecular weight excluding hydrogens is 306 g/mol. The van der Waals surface area contributed by atoms with E-state index in [1.807, 2.05) is 40.6 Å². The van der Waals surface area contributed by atoms with Crippen LogP contribution in [0.3, 0.4) is 0 Å². The van der Waals surface area contributed by atoms with Crippen molar-refractivity contribution in [2.24, 2.45) is 0 Å². The van der Waals surface area contributed by atoms with Crippen molar-refractivity contribution in [1.82, 2.24) is 4.90 Å². The summed E-state index contributed by atoms with van der Waals surface area (Å²) < 4.78 is 6.65. The van der Waals surface area contributed by atoms with Gasteiger partial charge in [0.1, 0.15) is 5.76 Å². The number of fused-ring (bicyclic) bond motifs is 1. The monoisotopic (exact) mass is 325 g/mol. The molecule has 1 aromatic carbocycles. The summed E-state index contributed by atoms with van der Waals surface area (Å²) in [5, 5.41) is 3.06. The molecule has 2 aromatic heterocycles. The van der Waals surface area contributed by atoms with Gasteiger partial charge in [0, 0.05) is 21.5 Å². The third-order valence-corrected chi connectivity index (χ3v) is 5.61. The predicted molar refractivity (Wildman–Crippen MR) is 92.7 cm³/mol. The maximum atomic E-state index is 13.2. The van der Waals surface area contributed by atoms with Crippen LogP contribution in [-0.2, 0) is 6.54 Å². The Hall–Kier alpha value is -2.07. The van der Waals surface area contributed by atoms with Gasteiger partial charge in [-0.05, 0) is 31.0 Å². The number of benzene rings is 1. The Morgan fingerprint density at radius 1 is 1.17 bits per heavy atom. The molecule has 3 nitrogen and oxygen atoms in total. The Morgan fingerprint density at radius 3 is 2.78 bits per heavy atom. The number of carbonyl (C=O) groups is 1. The number of amides is 1. The van der Waals surface area contributed by atoms with Gasteiger partial charge in [0.2, 0.25) is 0 Å². The minimum absolute atomic E-state index is 0.130. The van der Waals surface area contributed by atoms with Crippen LogP contribution in [0.15, 0.2) is 52.5 Å². The second kappa shape index (κ2) is 6.20. The molecule has 1 fully saturated rings. The summed E-state index contributed by atoms with van der Waals surface area (Å²) in [4.78, 5) is 15.2. The lowest BCUT2D eigenvalue weighted by atomic mass is 10.1. The number of thiophene rings is 1.